The summed E-state index contributed by atoms with van der Waals surface area (Å²) in [5.74, 6) is 0.187. The molecule has 220 valence electrons. The first-order valence-electron chi connectivity index (χ1n) is 16.0. The molecule has 2 fully saturated rings. The normalized spacial score (nSPS) is 21.6. The fraction of sp³-hybridized carbons (Fsp3) is 0.939. The van der Waals surface area contributed by atoms with E-state index >= 15 is 0 Å². The second kappa shape index (κ2) is 22.4. The number of hydrogen-bond acceptors (Lipinski definition) is 4. The second-order valence-corrected chi connectivity index (χ2v) is 11.5. The van der Waals surface area contributed by atoms with Crippen LogP contribution in [-0.2, 0) is 18.9 Å². The van der Waals surface area contributed by atoms with E-state index in [2.05, 4.69) is 20.4 Å². The zero-order valence-electron chi connectivity index (χ0n) is 25.6. The zero-order chi connectivity index (χ0) is 27.2. The van der Waals surface area contributed by atoms with Gasteiger partial charge in [-0.3, -0.25) is 0 Å². The third kappa shape index (κ3) is 15.1. The fourth-order valence-corrected chi connectivity index (χ4v) is 6.03. The summed E-state index contributed by atoms with van der Waals surface area (Å²) in [4.78, 5) is 0. The first-order chi connectivity index (χ1) is 18.1. The van der Waals surface area contributed by atoms with Gasteiger partial charge in [0.05, 0.1) is 12.2 Å². The van der Waals surface area contributed by atoms with E-state index in [4.69, 9.17) is 18.9 Å². The molecule has 1 saturated carbocycles. The number of rotatable bonds is 23. The third-order valence-electron chi connectivity index (χ3n) is 8.56. The average Bonchev–Trinajstić information content (AvgIpc) is 3.71. The molecule has 0 bridgehead atoms. The summed E-state index contributed by atoms with van der Waals surface area (Å²) in [6.45, 7) is 8.25. The van der Waals surface area contributed by atoms with Crippen molar-refractivity contribution in [2.75, 3.05) is 21.3 Å². The smallest absolute Gasteiger partial charge is 0.285 e. The van der Waals surface area contributed by atoms with Crippen LogP contribution in [0.15, 0.2) is 12.7 Å². The van der Waals surface area contributed by atoms with Crippen molar-refractivity contribution in [3.63, 3.8) is 0 Å². The van der Waals surface area contributed by atoms with Crippen LogP contribution >= 0.6 is 0 Å². The number of ether oxygens (including phenoxy) is 4. The quantitative estimate of drug-likeness (QED) is 0.0577. The lowest BCUT2D eigenvalue weighted by molar-refractivity contribution is -0.380. The highest BCUT2D eigenvalue weighted by Crippen LogP contribution is 2.42. The van der Waals surface area contributed by atoms with Gasteiger partial charge in [-0.15, -0.1) is 6.58 Å². The summed E-state index contributed by atoms with van der Waals surface area (Å²) < 4.78 is 22.8. The highest BCUT2D eigenvalue weighted by atomic mass is 16.9. The van der Waals surface area contributed by atoms with Gasteiger partial charge in [-0.05, 0) is 57.3 Å². The van der Waals surface area contributed by atoms with Crippen molar-refractivity contribution < 1.29 is 18.9 Å². The van der Waals surface area contributed by atoms with E-state index in [0.717, 1.165) is 18.8 Å². The standard InChI is InChI=1S/C21H40O4.C12H24/c1-5-6-7-8-9-10-11-18(21(22-2,23-3)24-4)14-12-17-13-15-19-20(16-17)25-19;1-3-5-7-9-11-12-10-8-6-4-2/h17-20H,5-16H2,1-4H3;3H,1,4-12H2,2H3. The van der Waals surface area contributed by atoms with Gasteiger partial charge < -0.3 is 18.9 Å². The highest BCUT2D eigenvalue weighted by molar-refractivity contribution is 4.92. The molecule has 1 saturated heterocycles. The molecule has 0 aromatic carbocycles. The van der Waals surface area contributed by atoms with Gasteiger partial charge in [-0.1, -0.05) is 103 Å². The largest absolute Gasteiger partial charge is 0.370 e. The molecule has 0 spiro atoms. The van der Waals surface area contributed by atoms with E-state index in [-0.39, 0.29) is 5.92 Å². The summed E-state index contributed by atoms with van der Waals surface area (Å²) >= 11 is 0. The molecule has 2 aliphatic rings. The minimum atomic E-state index is -0.892. The van der Waals surface area contributed by atoms with Gasteiger partial charge in [0, 0.05) is 27.2 Å². The Labute approximate surface area is 231 Å². The van der Waals surface area contributed by atoms with Crippen LogP contribution in [-0.4, -0.2) is 39.5 Å². The lowest BCUT2D eigenvalue weighted by atomic mass is 9.82. The first-order valence-corrected chi connectivity index (χ1v) is 16.0. The predicted octanol–water partition coefficient (Wildman–Crippen LogP) is 10.00. The topological polar surface area (TPSA) is 40.2 Å². The number of fused-ring (bicyclic) bond motifs is 1. The molecular weight excluding hydrogens is 460 g/mol. The van der Waals surface area contributed by atoms with Gasteiger partial charge in [0.25, 0.3) is 5.97 Å². The minimum Gasteiger partial charge on any atom is -0.370 e. The zero-order valence-corrected chi connectivity index (χ0v) is 25.6. The number of unbranched alkanes of at least 4 members (excludes halogenated alkanes) is 13. The fourth-order valence-electron chi connectivity index (χ4n) is 6.03. The van der Waals surface area contributed by atoms with Crippen LogP contribution in [0.25, 0.3) is 0 Å². The third-order valence-corrected chi connectivity index (χ3v) is 8.56. The van der Waals surface area contributed by atoms with E-state index in [0.29, 0.717) is 12.2 Å². The van der Waals surface area contributed by atoms with Gasteiger partial charge >= 0.3 is 0 Å². The Bertz CT molecular complexity index is 510. The van der Waals surface area contributed by atoms with Crippen LogP contribution in [0.3, 0.4) is 0 Å². The van der Waals surface area contributed by atoms with E-state index in [1.807, 2.05) is 6.08 Å². The lowest BCUT2D eigenvalue weighted by Crippen LogP contribution is -2.44. The number of allylic oxidation sites excluding steroid dienone is 1. The van der Waals surface area contributed by atoms with Gasteiger partial charge in [-0.25, -0.2) is 0 Å². The Morgan fingerprint density at radius 2 is 1.27 bits per heavy atom. The molecule has 1 aliphatic carbocycles. The van der Waals surface area contributed by atoms with Crippen molar-refractivity contribution in [1.82, 2.24) is 0 Å². The summed E-state index contributed by atoms with van der Waals surface area (Å²) in [5.41, 5.74) is 0. The molecule has 37 heavy (non-hydrogen) atoms. The van der Waals surface area contributed by atoms with Crippen LogP contribution in [0, 0.1) is 11.8 Å². The maximum Gasteiger partial charge on any atom is 0.285 e. The van der Waals surface area contributed by atoms with E-state index < -0.39 is 5.97 Å². The summed E-state index contributed by atoms with van der Waals surface area (Å²) in [5, 5.41) is 0. The van der Waals surface area contributed by atoms with Crippen molar-refractivity contribution in [2.45, 2.75) is 167 Å². The van der Waals surface area contributed by atoms with Crippen molar-refractivity contribution in [3.05, 3.63) is 12.7 Å². The second-order valence-electron chi connectivity index (χ2n) is 11.5. The van der Waals surface area contributed by atoms with Gasteiger partial charge in [0.2, 0.25) is 0 Å². The summed E-state index contributed by atoms with van der Waals surface area (Å²) in [6.07, 6.45) is 30.8. The van der Waals surface area contributed by atoms with Crippen LogP contribution in [0.1, 0.15) is 149 Å². The molecular formula is C33H64O4. The Kier molecular flexibility index (Phi) is 21.0. The van der Waals surface area contributed by atoms with Crippen LogP contribution in [0.4, 0.5) is 0 Å². The maximum atomic E-state index is 5.69. The molecule has 0 amide bonds. The Morgan fingerprint density at radius 1 is 0.730 bits per heavy atom. The molecule has 1 aliphatic heterocycles. The van der Waals surface area contributed by atoms with Crippen LogP contribution in [0.2, 0.25) is 0 Å². The molecule has 4 unspecified atom stereocenters. The Morgan fingerprint density at radius 3 is 1.78 bits per heavy atom. The molecule has 0 aromatic heterocycles. The van der Waals surface area contributed by atoms with Gasteiger partial charge in [0.1, 0.15) is 0 Å². The summed E-state index contributed by atoms with van der Waals surface area (Å²) in [6, 6.07) is 0. The van der Waals surface area contributed by atoms with Gasteiger partial charge in [-0.2, -0.15) is 0 Å². The number of epoxide rings is 1. The minimum absolute atomic E-state index is 0.288. The SMILES string of the molecule is C=CCCCCCCCCCC.CCCCCCCCC(CCC1CCC2OC2C1)C(OC)(OC)OC. The first kappa shape index (κ1) is 34.6. The Balaban J connectivity index is 0.000000482. The van der Waals surface area contributed by atoms with Crippen LogP contribution < -0.4 is 0 Å². The number of methoxy groups -OCH3 is 3. The molecule has 4 atom stereocenters. The van der Waals surface area contributed by atoms with E-state index in [1.165, 1.54) is 122 Å². The molecule has 0 aromatic rings. The molecule has 0 radical (unpaired) electrons. The Hall–Kier alpha value is -0.420. The van der Waals surface area contributed by atoms with Crippen molar-refractivity contribution in [2.24, 2.45) is 11.8 Å². The predicted molar refractivity (Wildman–Crippen MR) is 158 cm³/mol. The van der Waals surface area contributed by atoms with Crippen molar-refractivity contribution in [1.29, 1.82) is 0 Å². The van der Waals surface area contributed by atoms with Crippen LogP contribution in [0.5, 0.6) is 0 Å². The highest BCUT2D eigenvalue weighted by Gasteiger charge is 2.45. The van der Waals surface area contributed by atoms with E-state index in [9.17, 15) is 0 Å². The molecule has 2 rings (SSSR count). The van der Waals surface area contributed by atoms with Crippen molar-refractivity contribution >= 4 is 0 Å². The summed E-state index contributed by atoms with van der Waals surface area (Å²) in [7, 11) is 5.10. The molecule has 0 N–H and O–H groups in total. The average molecular weight is 525 g/mol. The lowest BCUT2D eigenvalue weighted by Gasteiger charge is -2.37. The monoisotopic (exact) mass is 524 g/mol. The maximum absolute atomic E-state index is 5.69. The molecule has 1 heterocycles. The van der Waals surface area contributed by atoms with E-state index in [1.54, 1.807) is 21.3 Å². The van der Waals surface area contributed by atoms with Crippen molar-refractivity contribution in [3.8, 4) is 0 Å². The van der Waals surface area contributed by atoms with Gasteiger partial charge in [0.15, 0.2) is 0 Å². The molecule has 4 nitrogen and oxygen atoms in total. The molecule has 4 heteroatoms. The number of hydrogen-bond donors (Lipinski definition) is 0.